The maximum atomic E-state index is 12.0. The SMILES string of the molecule is O=C1CN(C(=O)Nc2ccc(Br)cc2Br)CCN1. The fourth-order valence-electron chi connectivity index (χ4n) is 1.60. The number of carbonyl (C=O) groups excluding carboxylic acids is 2. The molecule has 0 radical (unpaired) electrons. The van der Waals surface area contributed by atoms with Gasteiger partial charge in [-0.15, -0.1) is 0 Å². The van der Waals surface area contributed by atoms with Gasteiger partial charge in [-0.05, 0) is 34.1 Å². The monoisotopic (exact) mass is 375 g/mol. The van der Waals surface area contributed by atoms with Gasteiger partial charge in [-0.25, -0.2) is 4.79 Å². The van der Waals surface area contributed by atoms with Crippen molar-refractivity contribution in [2.75, 3.05) is 25.0 Å². The zero-order chi connectivity index (χ0) is 13.1. The minimum absolute atomic E-state index is 0.0972. The Morgan fingerprint density at radius 3 is 2.83 bits per heavy atom. The zero-order valence-electron chi connectivity index (χ0n) is 9.37. The first-order valence-electron chi connectivity index (χ1n) is 5.34. The van der Waals surface area contributed by atoms with Gasteiger partial charge in [-0.2, -0.15) is 0 Å². The molecule has 1 saturated heterocycles. The van der Waals surface area contributed by atoms with Crippen molar-refractivity contribution >= 4 is 49.5 Å². The molecule has 0 spiro atoms. The van der Waals surface area contributed by atoms with Crippen molar-refractivity contribution in [2.45, 2.75) is 0 Å². The molecule has 1 aromatic carbocycles. The van der Waals surface area contributed by atoms with Crippen LogP contribution >= 0.6 is 31.9 Å². The van der Waals surface area contributed by atoms with Gasteiger partial charge >= 0.3 is 6.03 Å². The molecule has 3 amide bonds. The Balaban J connectivity index is 2.04. The van der Waals surface area contributed by atoms with Gasteiger partial charge in [0.25, 0.3) is 0 Å². The number of halogens is 2. The lowest BCUT2D eigenvalue weighted by Crippen LogP contribution is -2.51. The van der Waals surface area contributed by atoms with Gasteiger partial charge in [-0.3, -0.25) is 4.79 Å². The molecule has 0 unspecified atom stereocenters. The number of piperazine rings is 1. The number of anilines is 1. The third kappa shape index (κ3) is 3.23. The Morgan fingerprint density at radius 1 is 1.39 bits per heavy atom. The van der Waals surface area contributed by atoms with Crippen molar-refractivity contribution in [2.24, 2.45) is 0 Å². The summed E-state index contributed by atoms with van der Waals surface area (Å²) in [5.74, 6) is -0.133. The average molecular weight is 377 g/mol. The summed E-state index contributed by atoms with van der Waals surface area (Å²) in [5.41, 5.74) is 0.675. The van der Waals surface area contributed by atoms with E-state index in [1.165, 1.54) is 4.90 Å². The fraction of sp³-hybridized carbons (Fsp3) is 0.273. The zero-order valence-corrected chi connectivity index (χ0v) is 12.5. The number of amides is 3. The van der Waals surface area contributed by atoms with E-state index in [1.54, 1.807) is 6.07 Å². The molecule has 0 bridgehead atoms. The lowest BCUT2D eigenvalue weighted by Gasteiger charge is -2.26. The first-order chi connectivity index (χ1) is 8.56. The molecule has 0 aromatic heterocycles. The van der Waals surface area contributed by atoms with Crippen LogP contribution in [0.15, 0.2) is 27.1 Å². The summed E-state index contributed by atoms with van der Waals surface area (Å²) in [4.78, 5) is 24.6. The molecule has 1 aromatic rings. The highest BCUT2D eigenvalue weighted by molar-refractivity contribution is 9.11. The Bertz CT molecular complexity index is 493. The summed E-state index contributed by atoms with van der Waals surface area (Å²) in [6, 6.07) is 5.20. The second-order valence-electron chi connectivity index (χ2n) is 3.83. The van der Waals surface area contributed by atoms with Crippen LogP contribution in [0.4, 0.5) is 10.5 Å². The lowest BCUT2D eigenvalue weighted by atomic mass is 10.3. The molecule has 1 aliphatic heterocycles. The van der Waals surface area contributed by atoms with Crippen molar-refractivity contribution in [3.63, 3.8) is 0 Å². The van der Waals surface area contributed by atoms with E-state index < -0.39 is 0 Å². The van der Waals surface area contributed by atoms with Gasteiger partial charge in [0, 0.05) is 22.0 Å². The summed E-state index contributed by atoms with van der Waals surface area (Å²) in [6.07, 6.45) is 0. The highest BCUT2D eigenvalue weighted by atomic mass is 79.9. The van der Waals surface area contributed by atoms with Crippen molar-refractivity contribution in [3.05, 3.63) is 27.1 Å². The van der Waals surface area contributed by atoms with Gasteiger partial charge in [0.05, 0.1) is 5.69 Å². The molecule has 5 nitrogen and oxygen atoms in total. The molecule has 2 rings (SSSR count). The minimum atomic E-state index is -0.270. The van der Waals surface area contributed by atoms with Gasteiger partial charge in [0.2, 0.25) is 5.91 Å². The van der Waals surface area contributed by atoms with Crippen LogP contribution in [0.25, 0.3) is 0 Å². The predicted molar refractivity (Wildman–Crippen MR) is 75.4 cm³/mol. The van der Waals surface area contributed by atoms with E-state index in [2.05, 4.69) is 42.5 Å². The van der Waals surface area contributed by atoms with Gasteiger partial charge in [-0.1, -0.05) is 15.9 Å². The molecule has 18 heavy (non-hydrogen) atoms. The number of nitrogens with zero attached hydrogens (tertiary/aromatic N) is 1. The topological polar surface area (TPSA) is 61.4 Å². The van der Waals surface area contributed by atoms with Crippen LogP contribution < -0.4 is 10.6 Å². The van der Waals surface area contributed by atoms with Crippen molar-refractivity contribution in [1.29, 1.82) is 0 Å². The lowest BCUT2D eigenvalue weighted by molar-refractivity contribution is -0.123. The summed E-state index contributed by atoms with van der Waals surface area (Å²) in [5, 5.41) is 5.44. The van der Waals surface area contributed by atoms with Crippen molar-refractivity contribution in [1.82, 2.24) is 10.2 Å². The molecule has 2 N–H and O–H groups in total. The van der Waals surface area contributed by atoms with E-state index in [-0.39, 0.29) is 18.5 Å². The van der Waals surface area contributed by atoms with Gasteiger partial charge < -0.3 is 15.5 Å². The Kier molecular flexibility index (Phi) is 4.23. The first kappa shape index (κ1) is 13.4. The molecule has 0 aliphatic carbocycles. The summed E-state index contributed by atoms with van der Waals surface area (Å²) in [6.45, 7) is 1.11. The summed E-state index contributed by atoms with van der Waals surface area (Å²) >= 11 is 6.71. The van der Waals surface area contributed by atoms with Crippen LogP contribution in [0.3, 0.4) is 0 Å². The molecule has 0 atom stereocenters. The number of benzene rings is 1. The third-order valence-corrected chi connectivity index (χ3v) is 3.65. The van der Waals surface area contributed by atoms with Crippen LogP contribution in [0.1, 0.15) is 0 Å². The predicted octanol–water partition coefficient (Wildman–Crippen LogP) is 2.18. The fourth-order valence-corrected chi connectivity index (χ4v) is 2.74. The highest BCUT2D eigenvalue weighted by Gasteiger charge is 2.21. The van der Waals surface area contributed by atoms with E-state index in [4.69, 9.17) is 0 Å². The van der Waals surface area contributed by atoms with Gasteiger partial charge in [0.15, 0.2) is 0 Å². The molecular formula is C11H11Br2N3O2. The van der Waals surface area contributed by atoms with Gasteiger partial charge in [0.1, 0.15) is 6.54 Å². The van der Waals surface area contributed by atoms with E-state index in [1.807, 2.05) is 12.1 Å². The average Bonchev–Trinajstić information content (AvgIpc) is 2.32. The molecule has 1 aliphatic rings. The maximum Gasteiger partial charge on any atom is 0.322 e. The summed E-state index contributed by atoms with van der Waals surface area (Å²) < 4.78 is 1.71. The minimum Gasteiger partial charge on any atom is -0.353 e. The van der Waals surface area contributed by atoms with Crippen LogP contribution in [-0.2, 0) is 4.79 Å². The molecular weight excluding hydrogens is 366 g/mol. The molecule has 1 fully saturated rings. The maximum absolute atomic E-state index is 12.0. The van der Waals surface area contributed by atoms with E-state index in [9.17, 15) is 9.59 Å². The first-order valence-corrected chi connectivity index (χ1v) is 6.92. The third-order valence-electron chi connectivity index (χ3n) is 2.50. The normalized spacial score (nSPS) is 15.2. The number of carbonyl (C=O) groups is 2. The Morgan fingerprint density at radius 2 is 2.17 bits per heavy atom. The number of rotatable bonds is 1. The van der Waals surface area contributed by atoms with Crippen molar-refractivity contribution in [3.8, 4) is 0 Å². The Hall–Kier alpha value is -1.08. The van der Waals surface area contributed by atoms with Crippen LogP contribution in [0.5, 0.6) is 0 Å². The van der Waals surface area contributed by atoms with Crippen LogP contribution in [0.2, 0.25) is 0 Å². The van der Waals surface area contributed by atoms with E-state index in [0.717, 1.165) is 8.95 Å². The van der Waals surface area contributed by atoms with Crippen LogP contribution in [0, 0.1) is 0 Å². The van der Waals surface area contributed by atoms with E-state index >= 15 is 0 Å². The molecule has 1 heterocycles. The second-order valence-corrected chi connectivity index (χ2v) is 5.60. The number of hydrogen-bond donors (Lipinski definition) is 2. The molecule has 7 heteroatoms. The smallest absolute Gasteiger partial charge is 0.322 e. The van der Waals surface area contributed by atoms with Crippen LogP contribution in [-0.4, -0.2) is 36.5 Å². The summed E-state index contributed by atoms with van der Waals surface area (Å²) in [7, 11) is 0. The number of hydrogen-bond acceptors (Lipinski definition) is 2. The molecule has 96 valence electrons. The highest BCUT2D eigenvalue weighted by Crippen LogP contribution is 2.26. The van der Waals surface area contributed by atoms with E-state index in [0.29, 0.717) is 18.8 Å². The second kappa shape index (κ2) is 5.71. The molecule has 0 saturated carbocycles. The largest absolute Gasteiger partial charge is 0.353 e. The quantitative estimate of drug-likeness (QED) is 0.789. The Labute approximate surface area is 121 Å². The number of urea groups is 1. The number of nitrogens with one attached hydrogen (secondary N) is 2. The van der Waals surface area contributed by atoms with Crippen molar-refractivity contribution < 1.29 is 9.59 Å². The standard InChI is InChI=1S/C11H11Br2N3O2/c12-7-1-2-9(8(13)5-7)15-11(18)16-4-3-14-10(17)6-16/h1-2,5H,3-4,6H2,(H,14,17)(H,15,18).